The number of aromatic nitrogens is 2. The number of nitrogens with zero attached hydrogens (tertiary/aromatic N) is 3. The van der Waals surface area contributed by atoms with Crippen LogP contribution in [0, 0.1) is 11.8 Å². The Balaban J connectivity index is 1.80. The van der Waals surface area contributed by atoms with Crippen molar-refractivity contribution in [2.75, 3.05) is 24.5 Å². The lowest BCUT2D eigenvalue weighted by molar-refractivity contribution is -0.125. The molecule has 1 atom stereocenters. The molecule has 0 aliphatic carbocycles. The van der Waals surface area contributed by atoms with Gasteiger partial charge in [0.15, 0.2) is 0 Å². The van der Waals surface area contributed by atoms with Crippen molar-refractivity contribution < 1.29 is 4.79 Å². The molecule has 2 heterocycles. The number of hydrogen-bond acceptors (Lipinski definition) is 3. The van der Waals surface area contributed by atoms with Crippen LogP contribution in [0.4, 0.5) is 5.95 Å². The van der Waals surface area contributed by atoms with Crippen molar-refractivity contribution in [2.24, 2.45) is 11.8 Å². The third-order valence-electron chi connectivity index (χ3n) is 4.84. The van der Waals surface area contributed by atoms with Crippen LogP contribution >= 0.6 is 0 Å². The molecule has 1 aromatic heterocycles. The minimum Gasteiger partial charge on any atom is -0.356 e. The van der Waals surface area contributed by atoms with Gasteiger partial charge in [-0.3, -0.25) is 4.79 Å². The summed E-state index contributed by atoms with van der Waals surface area (Å²) in [6.07, 6.45) is 3.07. The lowest BCUT2D eigenvalue weighted by atomic mass is 9.97. The van der Waals surface area contributed by atoms with Crippen LogP contribution in [0.2, 0.25) is 0 Å². The highest BCUT2D eigenvalue weighted by atomic mass is 16.1. The fraction of sp³-hybridized carbons (Fsp3) is 0.600. The van der Waals surface area contributed by atoms with Gasteiger partial charge in [-0.2, -0.15) is 0 Å². The van der Waals surface area contributed by atoms with Crippen molar-refractivity contribution in [3.8, 4) is 0 Å². The van der Waals surface area contributed by atoms with Crippen LogP contribution in [0.3, 0.4) is 0 Å². The SMILES string of the molecule is CCCn1c(N2CCC[C@@H](C(=O)NCC(C)C)C2)nc2ccccc21. The molecular formula is C20H30N4O. The largest absolute Gasteiger partial charge is 0.356 e. The van der Waals surface area contributed by atoms with E-state index in [0.29, 0.717) is 5.92 Å². The second kappa shape index (κ2) is 7.89. The molecule has 25 heavy (non-hydrogen) atoms. The van der Waals surface area contributed by atoms with Crippen LogP contribution in [0.5, 0.6) is 0 Å². The number of aryl methyl sites for hydroxylation is 1. The van der Waals surface area contributed by atoms with Crippen molar-refractivity contribution >= 4 is 22.9 Å². The number of anilines is 1. The standard InChI is InChI=1S/C20H30N4O/c1-4-11-24-18-10-6-5-9-17(18)22-20(24)23-12-7-8-16(14-23)19(25)21-13-15(2)3/h5-6,9-10,15-16H,4,7-8,11-14H2,1-3H3,(H,21,25)/t16-/m1/s1. The molecule has 5 nitrogen and oxygen atoms in total. The molecule has 1 aromatic carbocycles. The summed E-state index contributed by atoms with van der Waals surface area (Å²) < 4.78 is 2.31. The average Bonchev–Trinajstić information content (AvgIpc) is 2.99. The molecule has 1 aliphatic rings. The van der Waals surface area contributed by atoms with E-state index in [9.17, 15) is 4.79 Å². The van der Waals surface area contributed by atoms with Crippen LogP contribution in [-0.4, -0.2) is 35.1 Å². The number of fused-ring (bicyclic) bond motifs is 1. The maximum atomic E-state index is 12.5. The van der Waals surface area contributed by atoms with Gasteiger partial charge >= 0.3 is 0 Å². The first-order chi connectivity index (χ1) is 12.1. The van der Waals surface area contributed by atoms with Gasteiger partial charge in [0.1, 0.15) is 0 Å². The monoisotopic (exact) mass is 342 g/mol. The number of carbonyl (C=O) groups is 1. The minimum absolute atomic E-state index is 0.0578. The lowest BCUT2D eigenvalue weighted by Gasteiger charge is -2.33. The fourth-order valence-electron chi connectivity index (χ4n) is 3.57. The molecule has 5 heteroatoms. The van der Waals surface area contributed by atoms with Crippen LogP contribution < -0.4 is 10.2 Å². The highest BCUT2D eigenvalue weighted by Crippen LogP contribution is 2.27. The molecule has 1 amide bonds. The third-order valence-corrected chi connectivity index (χ3v) is 4.84. The highest BCUT2D eigenvalue weighted by Gasteiger charge is 2.28. The first kappa shape index (κ1) is 17.8. The van der Waals surface area contributed by atoms with E-state index in [2.05, 4.69) is 53.8 Å². The van der Waals surface area contributed by atoms with Crippen molar-refractivity contribution in [2.45, 2.75) is 46.6 Å². The number of benzene rings is 1. The van der Waals surface area contributed by atoms with E-state index < -0.39 is 0 Å². The topological polar surface area (TPSA) is 50.2 Å². The number of nitrogens with one attached hydrogen (secondary N) is 1. The maximum absolute atomic E-state index is 12.5. The van der Waals surface area contributed by atoms with Gasteiger partial charge in [0.25, 0.3) is 0 Å². The van der Waals surface area contributed by atoms with E-state index in [1.54, 1.807) is 0 Å². The summed E-state index contributed by atoms with van der Waals surface area (Å²) in [6, 6.07) is 8.31. The molecule has 0 spiro atoms. The third kappa shape index (κ3) is 3.97. The van der Waals surface area contributed by atoms with E-state index in [-0.39, 0.29) is 11.8 Å². The predicted molar refractivity (Wildman–Crippen MR) is 103 cm³/mol. The fourth-order valence-corrected chi connectivity index (χ4v) is 3.57. The van der Waals surface area contributed by atoms with Gasteiger partial charge in [0, 0.05) is 26.2 Å². The van der Waals surface area contributed by atoms with Gasteiger partial charge in [0.2, 0.25) is 11.9 Å². The second-order valence-corrected chi connectivity index (χ2v) is 7.48. The van der Waals surface area contributed by atoms with Crippen LogP contribution in [-0.2, 0) is 11.3 Å². The molecule has 2 aromatic rings. The zero-order chi connectivity index (χ0) is 17.8. The molecule has 0 bridgehead atoms. The van der Waals surface area contributed by atoms with Gasteiger partial charge in [-0.05, 0) is 37.3 Å². The van der Waals surface area contributed by atoms with Crippen molar-refractivity contribution in [3.05, 3.63) is 24.3 Å². The zero-order valence-electron chi connectivity index (χ0n) is 15.7. The summed E-state index contributed by atoms with van der Waals surface area (Å²) in [7, 11) is 0. The Kier molecular flexibility index (Phi) is 5.61. The van der Waals surface area contributed by atoms with Crippen molar-refractivity contribution in [3.63, 3.8) is 0 Å². The quantitative estimate of drug-likeness (QED) is 0.875. The van der Waals surface area contributed by atoms with Gasteiger partial charge in [0.05, 0.1) is 17.0 Å². The Morgan fingerprint density at radius 3 is 2.92 bits per heavy atom. The van der Waals surface area contributed by atoms with E-state index >= 15 is 0 Å². The van der Waals surface area contributed by atoms with Crippen molar-refractivity contribution in [1.29, 1.82) is 0 Å². The van der Waals surface area contributed by atoms with Crippen LogP contribution in [0.1, 0.15) is 40.0 Å². The Morgan fingerprint density at radius 1 is 1.36 bits per heavy atom. The number of hydrogen-bond donors (Lipinski definition) is 1. The molecule has 1 fully saturated rings. The summed E-state index contributed by atoms with van der Waals surface area (Å²) in [4.78, 5) is 19.7. The normalized spacial score (nSPS) is 18.1. The Hall–Kier alpha value is -2.04. The number of para-hydroxylation sites is 2. The second-order valence-electron chi connectivity index (χ2n) is 7.48. The Labute approximate surface area is 150 Å². The van der Waals surface area contributed by atoms with E-state index in [4.69, 9.17) is 4.98 Å². The average molecular weight is 342 g/mol. The molecule has 1 aliphatic heterocycles. The first-order valence-electron chi connectivity index (χ1n) is 9.58. The van der Waals surface area contributed by atoms with Gasteiger partial charge in [-0.15, -0.1) is 0 Å². The summed E-state index contributed by atoms with van der Waals surface area (Å²) in [5, 5.41) is 3.10. The van der Waals surface area contributed by atoms with Gasteiger partial charge in [-0.1, -0.05) is 32.9 Å². The summed E-state index contributed by atoms with van der Waals surface area (Å²) in [5.74, 6) is 1.75. The lowest BCUT2D eigenvalue weighted by Crippen LogP contribution is -2.44. The molecule has 0 saturated carbocycles. The molecule has 0 unspecified atom stereocenters. The van der Waals surface area contributed by atoms with Crippen LogP contribution in [0.25, 0.3) is 11.0 Å². The van der Waals surface area contributed by atoms with E-state index in [0.717, 1.165) is 56.9 Å². The zero-order valence-corrected chi connectivity index (χ0v) is 15.7. The van der Waals surface area contributed by atoms with Crippen LogP contribution in [0.15, 0.2) is 24.3 Å². The number of imidazole rings is 1. The van der Waals surface area contributed by atoms with Gasteiger partial charge in [-0.25, -0.2) is 4.98 Å². The molecule has 1 N–H and O–H groups in total. The van der Waals surface area contributed by atoms with Gasteiger partial charge < -0.3 is 14.8 Å². The molecule has 1 saturated heterocycles. The highest BCUT2D eigenvalue weighted by molar-refractivity contribution is 5.81. The number of amides is 1. The summed E-state index contributed by atoms with van der Waals surface area (Å²) >= 11 is 0. The van der Waals surface area contributed by atoms with Crippen molar-refractivity contribution in [1.82, 2.24) is 14.9 Å². The minimum atomic E-state index is 0.0578. The molecule has 136 valence electrons. The molecular weight excluding hydrogens is 312 g/mol. The smallest absolute Gasteiger partial charge is 0.224 e. The Bertz CT molecular complexity index is 722. The molecule has 3 rings (SSSR count). The summed E-state index contributed by atoms with van der Waals surface area (Å²) in [6.45, 7) is 9.89. The predicted octanol–water partition coefficient (Wildman–Crippen LogP) is 3.43. The Morgan fingerprint density at radius 2 is 2.16 bits per heavy atom. The van der Waals surface area contributed by atoms with E-state index in [1.165, 1.54) is 5.52 Å². The number of carbonyl (C=O) groups excluding carboxylic acids is 1. The number of rotatable bonds is 6. The van der Waals surface area contributed by atoms with E-state index in [1.807, 2.05) is 6.07 Å². The molecule has 0 radical (unpaired) electrons. The summed E-state index contributed by atoms with van der Waals surface area (Å²) in [5.41, 5.74) is 2.23. The first-order valence-corrected chi connectivity index (χ1v) is 9.58. The number of piperidine rings is 1. The maximum Gasteiger partial charge on any atom is 0.224 e.